The van der Waals surface area contributed by atoms with E-state index in [1.165, 1.54) is 0 Å². The molecule has 1 aromatic carbocycles. The molecular formula is C14H18N2O3. The van der Waals surface area contributed by atoms with E-state index in [9.17, 15) is 9.59 Å². The van der Waals surface area contributed by atoms with E-state index < -0.39 is 0 Å². The lowest BCUT2D eigenvalue weighted by Gasteiger charge is -2.10. The van der Waals surface area contributed by atoms with Crippen LogP contribution in [0.1, 0.15) is 25.7 Å². The summed E-state index contributed by atoms with van der Waals surface area (Å²) in [7, 11) is 0. The summed E-state index contributed by atoms with van der Waals surface area (Å²) in [5.41, 5.74) is 1.34. The highest BCUT2D eigenvalue weighted by Crippen LogP contribution is 2.18. The quantitative estimate of drug-likeness (QED) is 0.772. The molecule has 5 nitrogen and oxygen atoms in total. The molecule has 1 aromatic rings. The zero-order valence-corrected chi connectivity index (χ0v) is 10.7. The molecule has 0 spiro atoms. The second-order valence-electron chi connectivity index (χ2n) is 4.56. The Hall–Kier alpha value is -1.88. The Balaban J connectivity index is 1.80. The van der Waals surface area contributed by atoms with E-state index in [2.05, 4.69) is 10.6 Å². The van der Waals surface area contributed by atoms with Crippen LogP contribution in [0.2, 0.25) is 0 Å². The van der Waals surface area contributed by atoms with Crippen LogP contribution >= 0.6 is 0 Å². The van der Waals surface area contributed by atoms with E-state index in [1.54, 1.807) is 24.3 Å². The molecule has 0 aromatic heterocycles. The Kier molecular flexibility index (Phi) is 4.92. The van der Waals surface area contributed by atoms with E-state index in [1.807, 2.05) is 0 Å². The molecule has 5 heteroatoms. The molecule has 0 aliphatic carbocycles. The Bertz CT molecular complexity index is 442. The number of nitrogens with one attached hydrogen (secondary N) is 2. The van der Waals surface area contributed by atoms with Gasteiger partial charge in [-0.2, -0.15) is 0 Å². The minimum absolute atomic E-state index is 0.0289. The summed E-state index contributed by atoms with van der Waals surface area (Å²) >= 11 is 0. The number of rotatable bonds is 6. The lowest BCUT2D eigenvalue weighted by Crippen LogP contribution is -2.15. The molecule has 102 valence electrons. The molecule has 2 rings (SSSR count). The van der Waals surface area contributed by atoms with Gasteiger partial charge in [0.05, 0.1) is 6.10 Å². The first kappa shape index (κ1) is 13.5. The van der Waals surface area contributed by atoms with Crippen molar-refractivity contribution in [3.8, 4) is 0 Å². The molecule has 1 aliphatic rings. The van der Waals surface area contributed by atoms with Gasteiger partial charge in [-0.1, -0.05) is 6.07 Å². The van der Waals surface area contributed by atoms with Crippen molar-refractivity contribution in [3.05, 3.63) is 24.3 Å². The number of carbonyl (C=O) groups is 2. The van der Waals surface area contributed by atoms with Gasteiger partial charge in [-0.3, -0.25) is 9.59 Å². The number of carbonyl (C=O) groups excluding carboxylic acids is 2. The minimum atomic E-state index is -0.0289. The van der Waals surface area contributed by atoms with E-state index in [0.29, 0.717) is 24.2 Å². The smallest absolute Gasteiger partial charge is 0.224 e. The summed E-state index contributed by atoms with van der Waals surface area (Å²) in [6, 6.07) is 7.05. The first-order chi connectivity index (χ1) is 9.28. The Morgan fingerprint density at radius 2 is 2.26 bits per heavy atom. The van der Waals surface area contributed by atoms with Crippen LogP contribution in [0.5, 0.6) is 0 Å². The summed E-state index contributed by atoms with van der Waals surface area (Å²) in [5, 5.41) is 5.36. The molecule has 2 amide bonds. The fourth-order valence-corrected chi connectivity index (χ4v) is 2.14. The number of benzene rings is 1. The van der Waals surface area contributed by atoms with Crippen LogP contribution in [-0.2, 0) is 14.3 Å². The van der Waals surface area contributed by atoms with Crippen molar-refractivity contribution < 1.29 is 14.3 Å². The second-order valence-corrected chi connectivity index (χ2v) is 4.56. The standard InChI is InChI=1S/C14H18N2O3/c17-10-15-11-3-1-4-12(9-11)16-14(18)7-6-13-5-2-8-19-13/h1,3-4,9-10,13H,2,5-8H2,(H,15,17)(H,16,18). The van der Waals surface area contributed by atoms with Crippen LogP contribution in [0.3, 0.4) is 0 Å². The highest BCUT2D eigenvalue weighted by atomic mass is 16.5. The molecule has 0 radical (unpaired) electrons. The van der Waals surface area contributed by atoms with Crippen LogP contribution in [0.15, 0.2) is 24.3 Å². The fraction of sp³-hybridized carbons (Fsp3) is 0.429. The zero-order valence-electron chi connectivity index (χ0n) is 10.7. The van der Waals surface area contributed by atoms with Crippen molar-refractivity contribution in [2.45, 2.75) is 31.8 Å². The van der Waals surface area contributed by atoms with Gasteiger partial charge in [-0.25, -0.2) is 0 Å². The molecule has 2 N–H and O–H groups in total. The predicted molar refractivity (Wildman–Crippen MR) is 73.0 cm³/mol. The molecule has 19 heavy (non-hydrogen) atoms. The Morgan fingerprint density at radius 3 is 3.00 bits per heavy atom. The first-order valence-corrected chi connectivity index (χ1v) is 6.49. The monoisotopic (exact) mass is 262 g/mol. The van der Waals surface area contributed by atoms with Gasteiger partial charge in [0.15, 0.2) is 0 Å². The average molecular weight is 262 g/mol. The third kappa shape index (κ3) is 4.37. The van der Waals surface area contributed by atoms with Crippen LogP contribution in [0, 0.1) is 0 Å². The normalized spacial score (nSPS) is 18.0. The first-order valence-electron chi connectivity index (χ1n) is 6.49. The number of anilines is 2. The summed E-state index contributed by atoms with van der Waals surface area (Å²) in [6.07, 6.45) is 4.19. The third-order valence-electron chi connectivity index (χ3n) is 3.09. The second kappa shape index (κ2) is 6.89. The molecule has 1 aliphatic heterocycles. The van der Waals surface area contributed by atoms with Gasteiger partial charge in [0.2, 0.25) is 12.3 Å². The molecule has 1 fully saturated rings. The van der Waals surface area contributed by atoms with E-state index >= 15 is 0 Å². The van der Waals surface area contributed by atoms with E-state index in [4.69, 9.17) is 4.74 Å². The summed E-state index contributed by atoms with van der Waals surface area (Å²) in [5.74, 6) is -0.0289. The maximum atomic E-state index is 11.8. The SMILES string of the molecule is O=CNc1cccc(NC(=O)CCC2CCCO2)c1. The van der Waals surface area contributed by atoms with Crippen molar-refractivity contribution in [3.63, 3.8) is 0 Å². The molecule has 1 saturated heterocycles. The van der Waals surface area contributed by atoms with Crippen LogP contribution in [0.25, 0.3) is 0 Å². The fourth-order valence-electron chi connectivity index (χ4n) is 2.14. The molecule has 0 bridgehead atoms. The van der Waals surface area contributed by atoms with Crippen LogP contribution < -0.4 is 10.6 Å². The molecule has 1 heterocycles. The number of amides is 2. The molecular weight excluding hydrogens is 244 g/mol. The summed E-state index contributed by atoms with van der Waals surface area (Å²) in [4.78, 5) is 22.1. The van der Waals surface area contributed by atoms with Gasteiger partial charge in [-0.15, -0.1) is 0 Å². The van der Waals surface area contributed by atoms with Crippen molar-refractivity contribution >= 4 is 23.7 Å². The summed E-state index contributed by atoms with van der Waals surface area (Å²) < 4.78 is 5.48. The van der Waals surface area contributed by atoms with Crippen molar-refractivity contribution in [2.24, 2.45) is 0 Å². The van der Waals surface area contributed by atoms with Crippen molar-refractivity contribution in [2.75, 3.05) is 17.2 Å². The number of hydrogen-bond donors (Lipinski definition) is 2. The van der Waals surface area contributed by atoms with E-state index in [0.717, 1.165) is 25.9 Å². The van der Waals surface area contributed by atoms with Crippen LogP contribution in [-0.4, -0.2) is 25.0 Å². The van der Waals surface area contributed by atoms with E-state index in [-0.39, 0.29) is 12.0 Å². The van der Waals surface area contributed by atoms with Gasteiger partial charge >= 0.3 is 0 Å². The Labute approximate surface area is 112 Å². The van der Waals surface area contributed by atoms with Gasteiger partial charge < -0.3 is 15.4 Å². The topological polar surface area (TPSA) is 67.4 Å². The lowest BCUT2D eigenvalue weighted by atomic mass is 10.1. The van der Waals surface area contributed by atoms with Gasteiger partial charge in [0.1, 0.15) is 0 Å². The lowest BCUT2D eigenvalue weighted by molar-refractivity contribution is -0.116. The van der Waals surface area contributed by atoms with Gasteiger partial charge in [-0.05, 0) is 37.5 Å². The van der Waals surface area contributed by atoms with Crippen molar-refractivity contribution in [1.29, 1.82) is 0 Å². The van der Waals surface area contributed by atoms with Crippen LogP contribution in [0.4, 0.5) is 11.4 Å². The number of ether oxygens (including phenoxy) is 1. The van der Waals surface area contributed by atoms with Gasteiger partial charge in [0, 0.05) is 24.4 Å². The van der Waals surface area contributed by atoms with Gasteiger partial charge in [0.25, 0.3) is 0 Å². The largest absolute Gasteiger partial charge is 0.378 e. The highest BCUT2D eigenvalue weighted by molar-refractivity contribution is 5.91. The molecule has 1 atom stereocenters. The zero-order chi connectivity index (χ0) is 13.5. The average Bonchev–Trinajstić information content (AvgIpc) is 2.90. The Morgan fingerprint density at radius 1 is 1.42 bits per heavy atom. The minimum Gasteiger partial charge on any atom is -0.378 e. The maximum Gasteiger partial charge on any atom is 0.224 e. The molecule has 0 saturated carbocycles. The number of hydrogen-bond acceptors (Lipinski definition) is 3. The maximum absolute atomic E-state index is 11.8. The third-order valence-corrected chi connectivity index (χ3v) is 3.09. The predicted octanol–water partition coefficient (Wildman–Crippen LogP) is 2.15. The van der Waals surface area contributed by atoms with Crippen molar-refractivity contribution in [1.82, 2.24) is 0 Å². The molecule has 1 unspecified atom stereocenters. The highest BCUT2D eigenvalue weighted by Gasteiger charge is 2.16. The summed E-state index contributed by atoms with van der Waals surface area (Å²) in [6.45, 7) is 0.811.